The molecule has 1 heterocycles. The van der Waals surface area contributed by atoms with E-state index in [-0.39, 0.29) is 5.56 Å². The van der Waals surface area contributed by atoms with Gasteiger partial charge in [-0.15, -0.1) is 0 Å². The van der Waals surface area contributed by atoms with Crippen LogP contribution in [0.25, 0.3) is 5.57 Å². The van der Waals surface area contributed by atoms with Crippen LogP contribution in [0.1, 0.15) is 31.9 Å². The molecule has 0 atom stereocenters. The van der Waals surface area contributed by atoms with Crippen molar-refractivity contribution in [2.75, 3.05) is 11.9 Å². The van der Waals surface area contributed by atoms with E-state index in [1.165, 1.54) is 18.2 Å². The van der Waals surface area contributed by atoms with Gasteiger partial charge in [-0.1, -0.05) is 12.1 Å². The fourth-order valence-corrected chi connectivity index (χ4v) is 3.06. The zero-order chi connectivity index (χ0) is 18.2. The summed E-state index contributed by atoms with van der Waals surface area (Å²) < 4.78 is 34.1. The fourth-order valence-electron chi connectivity index (χ4n) is 3.06. The molecular formula is C20H18F2N2O. The molecule has 0 radical (unpaired) electrons. The number of benzene rings is 2. The average molecular weight is 340 g/mol. The van der Waals surface area contributed by atoms with Crippen LogP contribution >= 0.6 is 0 Å². The van der Waals surface area contributed by atoms with Crippen molar-refractivity contribution in [1.82, 2.24) is 0 Å². The van der Waals surface area contributed by atoms with Gasteiger partial charge in [-0.2, -0.15) is 5.26 Å². The molecule has 5 heteroatoms. The summed E-state index contributed by atoms with van der Waals surface area (Å²) in [7, 11) is 0. The Hall–Kier alpha value is -2.87. The Bertz CT molecular complexity index is 893. The lowest BCUT2D eigenvalue weighted by Crippen LogP contribution is -2.34. The maximum Gasteiger partial charge on any atom is 0.139 e. The van der Waals surface area contributed by atoms with E-state index in [0.717, 1.165) is 0 Å². The number of nitriles is 1. The van der Waals surface area contributed by atoms with Crippen molar-refractivity contribution < 1.29 is 13.5 Å². The lowest BCUT2D eigenvalue weighted by atomic mass is 9.83. The molecule has 3 nitrogen and oxygen atoms in total. The molecule has 0 bridgehead atoms. The minimum absolute atomic E-state index is 0.226. The van der Waals surface area contributed by atoms with Gasteiger partial charge in [-0.05, 0) is 44.5 Å². The van der Waals surface area contributed by atoms with Crippen molar-refractivity contribution >= 4 is 11.3 Å². The Morgan fingerprint density at radius 2 is 1.84 bits per heavy atom. The molecule has 0 spiro atoms. The molecule has 1 N–H and O–H groups in total. The van der Waals surface area contributed by atoms with Gasteiger partial charge in [-0.3, -0.25) is 0 Å². The van der Waals surface area contributed by atoms with Crippen LogP contribution in [-0.4, -0.2) is 12.1 Å². The Balaban J connectivity index is 2.31. The lowest BCUT2D eigenvalue weighted by molar-refractivity contribution is 0.149. The lowest BCUT2D eigenvalue weighted by Gasteiger charge is -2.34. The zero-order valence-corrected chi connectivity index (χ0v) is 14.3. The molecule has 0 amide bonds. The highest BCUT2D eigenvalue weighted by molar-refractivity contribution is 5.90. The highest BCUT2D eigenvalue weighted by Gasteiger charge is 2.37. The third-order valence-electron chi connectivity index (χ3n) is 4.15. The van der Waals surface area contributed by atoms with Gasteiger partial charge in [0.05, 0.1) is 17.2 Å². The number of nitrogens with zero attached hydrogens (tertiary/aromatic N) is 1. The highest BCUT2D eigenvalue weighted by Crippen LogP contribution is 2.45. The molecular weight excluding hydrogens is 322 g/mol. The van der Waals surface area contributed by atoms with E-state index < -0.39 is 17.2 Å². The quantitative estimate of drug-likeness (QED) is 0.865. The number of fused-ring (bicyclic) bond motifs is 1. The van der Waals surface area contributed by atoms with Crippen molar-refractivity contribution in [3.63, 3.8) is 0 Å². The number of hydrogen-bond acceptors (Lipinski definition) is 3. The summed E-state index contributed by atoms with van der Waals surface area (Å²) in [4.78, 5) is 0. The van der Waals surface area contributed by atoms with Gasteiger partial charge in [0.15, 0.2) is 0 Å². The molecule has 25 heavy (non-hydrogen) atoms. The van der Waals surface area contributed by atoms with Gasteiger partial charge in [0, 0.05) is 23.9 Å². The summed E-state index contributed by atoms with van der Waals surface area (Å²) in [5, 5.41) is 12.7. The number of ether oxygens (including phenoxy) is 1. The smallest absolute Gasteiger partial charge is 0.139 e. The molecule has 2 aromatic carbocycles. The first-order chi connectivity index (χ1) is 11.9. The molecule has 1 aliphatic rings. The summed E-state index contributed by atoms with van der Waals surface area (Å²) in [5.74, 6) is -0.521. The first kappa shape index (κ1) is 17.0. The van der Waals surface area contributed by atoms with Crippen molar-refractivity contribution in [1.29, 1.82) is 5.26 Å². The maximum absolute atomic E-state index is 14.9. The monoisotopic (exact) mass is 340 g/mol. The molecule has 2 aromatic rings. The third-order valence-corrected chi connectivity index (χ3v) is 4.15. The van der Waals surface area contributed by atoms with Crippen LogP contribution in [0, 0.1) is 23.0 Å². The van der Waals surface area contributed by atoms with Crippen LogP contribution < -0.4 is 10.1 Å². The summed E-state index contributed by atoms with van der Waals surface area (Å²) >= 11 is 0. The van der Waals surface area contributed by atoms with Gasteiger partial charge in [0.1, 0.15) is 23.0 Å². The van der Waals surface area contributed by atoms with Crippen molar-refractivity contribution in [3.05, 3.63) is 64.7 Å². The molecule has 0 fully saturated rings. The molecule has 0 saturated heterocycles. The fraction of sp³-hybridized carbons (Fsp3) is 0.250. The van der Waals surface area contributed by atoms with E-state index in [9.17, 15) is 14.0 Å². The molecule has 128 valence electrons. The predicted molar refractivity (Wildman–Crippen MR) is 93.3 cm³/mol. The van der Waals surface area contributed by atoms with Crippen molar-refractivity contribution in [3.8, 4) is 11.8 Å². The van der Waals surface area contributed by atoms with E-state index in [0.29, 0.717) is 34.7 Å². The number of hydrogen-bond donors (Lipinski definition) is 1. The molecule has 3 rings (SSSR count). The van der Waals surface area contributed by atoms with E-state index in [1.807, 2.05) is 6.92 Å². The van der Waals surface area contributed by atoms with E-state index in [1.54, 1.807) is 32.0 Å². The van der Waals surface area contributed by atoms with Gasteiger partial charge < -0.3 is 10.1 Å². The third kappa shape index (κ3) is 2.96. The number of nitrogens with one attached hydrogen (secondary N) is 1. The van der Waals surface area contributed by atoms with Crippen LogP contribution in [0.2, 0.25) is 0 Å². The minimum Gasteiger partial charge on any atom is -0.482 e. The van der Waals surface area contributed by atoms with Crippen LogP contribution in [-0.2, 0) is 0 Å². The number of rotatable bonds is 3. The maximum atomic E-state index is 14.9. The highest BCUT2D eigenvalue weighted by atomic mass is 19.1. The standard InChI is InChI=1S/C20H18F2N2O/c1-4-24-14-9-16(22)19-17(10-14)25-20(2,3)15(11-23)18(19)12-5-7-13(21)8-6-12/h5-10,24H,4H2,1-3H3. The van der Waals surface area contributed by atoms with E-state index in [2.05, 4.69) is 11.4 Å². The predicted octanol–water partition coefficient (Wildman–Crippen LogP) is 4.89. The second-order valence-electron chi connectivity index (χ2n) is 6.34. The van der Waals surface area contributed by atoms with E-state index >= 15 is 0 Å². The topological polar surface area (TPSA) is 45.0 Å². The Morgan fingerprint density at radius 1 is 1.16 bits per heavy atom. The van der Waals surface area contributed by atoms with Gasteiger partial charge in [0.25, 0.3) is 0 Å². The summed E-state index contributed by atoms with van der Waals surface area (Å²) in [6.45, 7) is 6.08. The van der Waals surface area contributed by atoms with Crippen LogP contribution in [0.4, 0.5) is 14.5 Å². The molecule has 0 saturated carbocycles. The number of halogens is 2. The van der Waals surface area contributed by atoms with Crippen LogP contribution in [0.15, 0.2) is 42.0 Å². The summed E-state index contributed by atoms with van der Waals surface area (Å²) in [5.41, 5.74) is 1.22. The Morgan fingerprint density at radius 3 is 2.44 bits per heavy atom. The van der Waals surface area contributed by atoms with E-state index in [4.69, 9.17) is 4.74 Å². The molecule has 0 aliphatic carbocycles. The second kappa shape index (κ2) is 6.21. The Labute approximate surface area is 145 Å². The minimum atomic E-state index is -0.928. The summed E-state index contributed by atoms with van der Waals surface area (Å²) in [6, 6.07) is 10.9. The molecule has 0 unspecified atom stereocenters. The van der Waals surface area contributed by atoms with Gasteiger partial charge in [-0.25, -0.2) is 8.78 Å². The average Bonchev–Trinajstić information content (AvgIpc) is 2.53. The Kier molecular flexibility index (Phi) is 4.22. The molecule has 0 aromatic heterocycles. The van der Waals surface area contributed by atoms with Crippen molar-refractivity contribution in [2.24, 2.45) is 0 Å². The van der Waals surface area contributed by atoms with Gasteiger partial charge >= 0.3 is 0 Å². The zero-order valence-electron chi connectivity index (χ0n) is 14.3. The second-order valence-corrected chi connectivity index (χ2v) is 6.34. The van der Waals surface area contributed by atoms with Crippen LogP contribution in [0.3, 0.4) is 0 Å². The largest absolute Gasteiger partial charge is 0.482 e. The first-order valence-electron chi connectivity index (χ1n) is 8.05. The van der Waals surface area contributed by atoms with Crippen LogP contribution in [0.5, 0.6) is 5.75 Å². The van der Waals surface area contributed by atoms with Gasteiger partial charge in [0.2, 0.25) is 0 Å². The molecule has 1 aliphatic heterocycles. The number of anilines is 1. The first-order valence-corrected chi connectivity index (χ1v) is 8.05. The SMILES string of the molecule is CCNc1cc(F)c2c(c1)OC(C)(C)C(C#N)=C2c1ccc(F)cc1. The van der Waals surface area contributed by atoms with Crippen molar-refractivity contribution in [2.45, 2.75) is 26.4 Å². The summed E-state index contributed by atoms with van der Waals surface area (Å²) in [6.07, 6.45) is 0. The normalized spacial score (nSPS) is 15.2.